The lowest BCUT2D eigenvalue weighted by Gasteiger charge is -2.57. The molecule has 1 amide bonds. The molecule has 4 aliphatic carbocycles. The van der Waals surface area contributed by atoms with Gasteiger partial charge in [-0.25, -0.2) is 0 Å². The first kappa shape index (κ1) is 18.8. The Kier molecular flexibility index (Phi) is 5.19. The Bertz CT molecular complexity index is 662. The summed E-state index contributed by atoms with van der Waals surface area (Å²) in [5.41, 5.74) is 3.09. The highest BCUT2D eigenvalue weighted by molar-refractivity contribution is 5.77. The number of nitrogens with one attached hydrogen (secondary N) is 1. The van der Waals surface area contributed by atoms with Crippen LogP contribution in [0, 0.1) is 24.7 Å². The number of carbonyl (C=O) groups excluding carboxylic acids is 1. The molecule has 1 aromatic rings. The number of likely N-dealkylation sites (N-methyl/N-ethyl adjacent to an activating group) is 1. The molecule has 0 aliphatic heterocycles. The van der Waals surface area contributed by atoms with Gasteiger partial charge in [0.1, 0.15) is 5.75 Å². The van der Waals surface area contributed by atoms with Crippen LogP contribution < -0.4 is 10.1 Å². The number of carbonyl (C=O) groups is 1. The predicted molar refractivity (Wildman–Crippen MR) is 108 cm³/mol. The normalized spacial score (nSPS) is 31.3. The lowest BCUT2D eigenvalue weighted by molar-refractivity contribution is -0.123. The maximum Gasteiger partial charge on any atom is 0.257 e. The van der Waals surface area contributed by atoms with Gasteiger partial charge in [-0.1, -0.05) is 12.1 Å². The number of amides is 1. The number of hydrogen-bond acceptors (Lipinski definition) is 3. The van der Waals surface area contributed by atoms with Gasteiger partial charge < -0.3 is 15.0 Å². The SMILES string of the molecule is Cc1cc(C23CC4CC(CC(C4)C2)C3)ccc1OCC(=O)NCCN(C)C. The highest BCUT2D eigenvalue weighted by atomic mass is 16.5. The molecule has 4 bridgehead atoms. The number of nitrogens with zero attached hydrogens (tertiary/aromatic N) is 1. The van der Waals surface area contributed by atoms with Gasteiger partial charge in [0.2, 0.25) is 0 Å². The zero-order chi connectivity index (χ0) is 19.0. The van der Waals surface area contributed by atoms with Gasteiger partial charge in [0.25, 0.3) is 5.91 Å². The standard InChI is InChI=1S/C23H34N2O2/c1-16-8-20(23-12-17-9-18(13-23)11-19(10-17)14-23)4-5-21(16)27-15-22(26)24-6-7-25(2)3/h4-5,8,17-19H,6-7,9-15H2,1-3H3,(H,24,26). The maximum atomic E-state index is 12.0. The topological polar surface area (TPSA) is 41.6 Å². The number of aryl methyl sites for hydroxylation is 1. The molecule has 5 rings (SSSR count). The largest absolute Gasteiger partial charge is 0.484 e. The van der Waals surface area contributed by atoms with Crippen LogP contribution in [0.5, 0.6) is 5.75 Å². The number of ether oxygens (including phenoxy) is 1. The van der Waals surface area contributed by atoms with Crippen LogP contribution in [-0.2, 0) is 10.2 Å². The summed E-state index contributed by atoms with van der Waals surface area (Å²) in [7, 11) is 3.99. The molecule has 4 saturated carbocycles. The zero-order valence-electron chi connectivity index (χ0n) is 17.1. The highest BCUT2D eigenvalue weighted by Crippen LogP contribution is 2.60. The minimum Gasteiger partial charge on any atom is -0.484 e. The van der Waals surface area contributed by atoms with E-state index in [-0.39, 0.29) is 12.5 Å². The summed E-state index contributed by atoms with van der Waals surface area (Å²) in [5, 5.41) is 2.90. The van der Waals surface area contributed by atoms with Gasteiger partial charge in [-0.2, -0.15) is 0 Å². The Morgan fingerprint density at radius 2 is 1.78 bits per heavy atom. The summed E-state index contributed by atoms with van der Waals surface area (Å²) in [6, 6.07) is 6.71. The first-order valence-corrected chi connectivity index (χ1v) is 10.6. The van der Waals surface area contributed by atoms with Crippen molar-refractivity contribution in [2.24, 2.45) is 17.8 Å². The van der Waals surface area contributed by atoms with Crippen LogP contribution >= 0.6 is 0 Å². The second-order valence-electron chi connectivity index (χ2n) is 9.62. The van der Waals surface area contributed by atoms with Crippen molar-refractivity contribution in [3.05, 3.63) is 29.3 Å². The molecule has 0 heterocycles. The van der Waals surface area contributed by atoms with Gasteiger partial charge in [-0.05, 0) is 99.9 Å². The van der Waals surface area contributed by atoms with Gasteiger partial charge >= 0.3 is 0 Å². The third-order valence-electron chi connectivity index (χ3n) is 7.07. The summed E-state index contributed by atoms with van der Waals surface area (Å²) < 4.78 is 5.80. The summed E-state index contributed by atoms with van der Waals surface area (Å²) in [6.45, 7) is 3.69. The molecule has 148 valence electrons. The second kappa shape index (κ2) is 7.46. The molecule has 0 spiro atoms. The van der Waals surface area contributed by atoms with Gasteiger partial charge in [0, 0.05) is 13.1 Å². The van der Waals surface area contributed by atoms with Crippen LogP contribution in [0.3, 0.4) is 0 Å². The van der Waals surface area contributed by atoms with Crippen molar-refractivity contribution >= 4 is 5.91 Å². The van der Waals surface area contributed by atoms with E-state index in [0.717, 1.165) is 35.6 Å². The van der Waals surface area contributed by atoms with E-state index >= 15 is 0 Å². The summed E-state index contributed by atoms with van der Waals surface area (Å²) in [4.78, 5) is 14.0. The van der Waals surface area contributed by atoms with Crippen LogP contribution in [0.25, 0.3) is 0 Å². The van der Waals surface area contributed by atoms with E-state index in [2.05, 4.69) is 35.3 Å². The molecule has 4 heteroatoms. The molecular weight excluding hydrogens is 336 g/mol. The lowest BCUT2D eigenvalue weighted by atomic mass is 9.48. The third kappa shape index (κ3) is 4.01. The molecule has 4 fully saturated rings. The molecule has 27 heavy (non-hydrogen) atoms. The number of rotatable bonds is 7. The monoisotopic (exact) mass is 370 g/mol. The van der Waals surface area contributed by atoms with Crippen LogP contribution in [-0.4, -0.2) is 44.6 Å². The maximum absolute atomic E-state index is 12.0. The molecular formula is C23H34N2O2. The van der Waals surface area contributed by atoms with Crippen molar-refractivity contribution in [1.82, 2.24) is 10.2 Å². The van der Waals surface area contributed by atoms with Crippen molar-refractivity contribution in [3.8, 4) is 5.75 Å². The Balaban J connectivity index is 1.38. The van der Waals surface area contributed by atoms with E-state index in [1.54, 1.807) is 0 Å². The number of benzene rings is 1. The average molecular weight is 371 g/mol. The first-order chi connectivity index (χ1) is 12.9. The van der Waals surface area contributed by atoms with Gasteiger partial charge in [-0.3, -0.25) is 4.79 Å². The summed E-state index contributed by atoms with van der Waals surface area (Å²) in [6.07, 6.45) is 8.57. The Hall–Kier alpha value is -1.55. The van der Waals surface area contributed by atoms with Crippen LogP contribution in [0.4, 0.5) is 0 Å². The third-order valence-corrected chi connectivity index (χ3v) is 7.07. The molecule has 1 aromatic carbocycles. The fourth-order valence-electron chi connectivity index (χ4n) is 6.22. The fourth-order valence-corrected chi connectivity index (χ4v) is 6.22. The van der Waals surface area contributed by atoms with Crippen molar-refractivity contribution in [2.75, 3.05) is 33.8 Å². The van der Waals surface area contributed by atoms with E-state index in [1.807, 2.05) is 14.1 Å². The van der Waals surface area contributed by atoms with E-state index in [0.29, 0.717) is 12.0 Å². The van der Waals surface area contributed by atoms with Crippen molar-refractivity contribution in [3.63, 3.8) is 0 Å². The summed E-state index contributed by atoms with van der Waals surface area (Å²) >= 11 is 0. The fraction of sp³-hybridized carbons (Fsp3) is 0.696. The Labute approximate surface area is 163 Å². The molecule has 0 saturated heterocycles. The molecule has 0 aromatic heterocycles. The molecule has 4 nitrogen and oxygen atoms in total. The highest BCUT2D eigenvalue weighted by Gasteiger charge is 2.51. The molecule has 0 radical (unpaired) electrons. The molecule has 0 unspecified atom stereocenters. The van der Waals surface area contributed by atoms with E-state index in [4.69, 9.17) is 4.74 Å². The molecule has 1 N–H and O–H groups in total. The van der Waals surface area contributed by atoms with Gasteiger partial charge in [-0.15, -0.1) is 0 Å². The van der Waals surface area contributed by atoms with Crippen molar-refractivity contribution in [1.29, 1.82) is 0 Å². The quantitative estimate of drug-likeness (QED) is 0.798. The van der Waals surface area contributed by atoms with E-state index in [9.17, 15) is 4.79 Å². The molecule has 4 aliphatic rings. The zero-order valence-corrected chi connectivity index (χ0v) is 17.1. The first-order valence-electron chi connectivity index (χ1n) is 10.6. The summed E-state index contributed by atoms with van der Waals surface area (Å²) in [5.74, 6) is 3.66. The predicted octanol–water partition coefficient (Wildman–Crippen LogP) is 3.52. The smallest absolute Gasteiger partial charge is 0.257 e. The second-order valence-corrected chi connectivity index (χ2v) is 9.62. The van der Waals surface area contributed by atoms with E-state index < -0.39 is 0 Å². The van der Waals surface area contributed by atoms with Crippen LogP contribution in [0.1, 0.15) is 49.7 Å². The Morgan fingerprint density at radius 1 is 1.15 bits per heavy atom. The van der Waals surface area contributed by atoms with Crippen LogP contribution in [0.2, 0.25) is 0 Å². The van der Waals surface area contributed by atoms with E-state index in [1.165, 1.54) is 44.1 Å². The minimum absolute atomic E-state index is 0.0542. The average Bonchev–Trinajstić information content (AvgIpc) is 2.59. The molecule has 0 atom stereocenters. The number of hydrogen-bond donors (Lipinski definition) is 1. The minimum atomic E-state index is -0.0542. The lowest BCUT2D eigenvalue weighted by Crippen LogP contribution is -2.48. The van der Waals surface area contributed by atoms with Gasteiger partial charge in [0.15, 0.2) is 6.61 Å². The Morgan fingerprint density at radius 3 is 2.33 bits per heavy atom. The van der Waals surface area contributed by atoms with Crippen molar-refractivity contribution < 1.29 is 9.53 Å². The van der Waals surface area contributed by atoms with Crippen molar-refractivity contribution in [2.45, 2.75) is 50.9 Å². The van der Waals surface area contributed by atoms with Gasteiger partial charge in [0.05, 0.1) is 0 Å². The van der Waals surface area contributed by atoms with Crippen LogP contribution in [0.15, 0.2) is 18.2 Å².